The van der Waals surface area contributed by atoms with E-state index in [1.54, 1.807) is 24.4 Å². The first-order valence-corrected chi connectivity index (χ1v) is 12.2. The summed E-state index contributed by atoms with van der Waals surface area (Å²) in [5.74, 6) is -1.72. The highest BCUT2D eigenvalue weighted by Gasteiger charge is 2.29. The summed E-state index contributed by atoms with van der Waals surface area (Å²) in [5.41, 5.74) is 2.03. The molecular weight excluding hydrogens is 495 g/mol. The van der Waals surface area contributed by atoms with E-state index in [1.807, 2.05) is 10.6 Å². The molecule has 38 heavy (non-hydrogen) atoms. The first-order valence-electron chi connectivity index (χ1n) is 12.2. The Morgan fingerprint density at radius 2 is 1.89 bits per heavy atom. The third kappa shape index (κ3) is 4.40. The van der Waals surface area contributed by atoms with Gasteiger partial charge in [-0.25, -0.2) is 23.1 Å². The van der Waals surface area contributed by atoms with Crippen LogP contribution in [0.5, 0.6) is 0 Å². The van der Waals surface area contributed by atoms with E-state index in [1.165, 1.54) is 12.4 Å². The molecule has 2 atom stereocenters. The monoisotopic (exact) mass is 517 g/mol. The molecule has 192 valence electrons. The van der Waals surface area contributed by atoms with Gasteiger partial charge >= 0.3 is 0 Å². The van der Waals surface area contributed by atoms with Crippen molar-refractivity contribution in [2.75, 3.05) is 0 Å². The minimum Gasteiger partial charge on any atom is -0.349 e. The molecule has 1 saturated carbocycles. The number of halogens is 3. The van der Waals surface area contributed by atoms with E-state index >= 15 is 0 Å². The van der Waals surface area contributed by atoms with Gasteiger partial charge in [0.1, 0.15) is 40.8 Å². The lowest BCUT2D eigenvalue weighted by Crippen LogP contribution is -2.39. The van der Waals surface area contributed by atoms with Gasteiger partial charge < -0.3 is 9.88 Å². The third-order valence-electron chi connectivity index (χ3n) is 6.87. The topological polar surface area (TPSA) is 101 Å². The summed E-state index contributed by atoms with van der Waals surface area (Å²) in [5, 5.41) is 9.59. The predicted octanol–water partition coefficient (Wildman–Crippen LogP) is 5.21. The standard InChI is InChI=1S/C27H22F3N7O/c28-15-8-9-19(21(30)10-15)27(38)34-16-4-3-5-17(11-16)37-24-12-22(25-32-14-33-36-25)31-13-23(24)35-26(37)18-6-1-2-7-20(18)29/h1-2,6-10,12-14,16-17H,3-5,11H2,(H,34,38)(H,32,33,36)/t16-,17+/m0/s1. The van der Waals surface area contributed by atoms with Crippen LogP contribution in [0.3, 0.4) is 0 Å². The highest BCUT2D eigenvalue weighted by atomic mass is 19.1. The van der Waals surface area contributed by atoms with E-state index < -0.39 is 23.4 Å². The van der Waals surface area contributed by atoms with Crippen molar-refractivity contribution in [2.24, 2.45) is 0 Å². The third-order valence-corrected chi connectivity index (χ3v) is 6.87. The van der Waals surface area contributed by atoms with Gasteiger partial charge in [-0.3, -0.25) is 14.9 Å². The number of rotatable bonds is 5. The molecule has 5 aromatic rings. The number of H-pyrrole nitrogens is 1. The van der Waals surface area contributed by atoms with Crippen molar-refractivity contribution in [3.05, 3.63) is 84.1 Å². The number of amides is 1. The number of carbonyl (C=O) groups excluding carboxylic acids is 1. The first-order chi connectivity index (χ1) is 18.5. The van der Waals surface area contributed by atoms with Crippen LogP contribution < -0.4 is 5.32 Å². The molecule has 0 bridgehead atoms. The van der Waals surface area contributed by atoms with Gasteiger partial charge in [-0.15, -0.1) is 0 Å². The fourth-order valence-corrected chi connectivity index (χ4v) is 5.13. The van der Waals surface area contributed by atoms with E-state index in [4.69, 9.17) is 4.98 Å². The Bertz CT molecular complexity index is 1630. The highest BCUT2D eigenvalue weighted by Crippen LogP contribution is 2.37. The number of aromatic nitrogens is 6. The van der Waals surface area contributed by atoms with E-state index in [-0.39, 0.29) is 17.6 Å². The largest absolute Gasteiger partial charge is 0.349 e. The smallest absolute Gasteiger partial charge is 0.254 e. The second kappa shape index (κ2) is 9.73. The Labute approximate surface area is 215 Å². The molecule has 0 aliphatic heterocycles. The van der Waals surface area contributed by atoms with Crippen molar-refractivity contribution >= 4 is 16.9 Å². The van der Waals surface area contributed by atoms with Gasteiger partial charge in [-0.1, -0.05) is 12.1 Å². The molecule has 0 radical (unpaired) electrons. The summed E-state index contributed by atoms with van der Waals surface area (Å²) >= 11 is 0. The van der Waals surface area contributed by atoms with Crippen molar-refractivity contribution in [3.8, 4) is 22.9 Å². The van der Waals surface area contributed by atoms with E-state index in [2.05, 4.69) is 25.5 Å². The number of hydrogen-bond donors (Lipinski definition) is 2. The number of fused-ring (bicyclic) bond motifs is 1. The van der Waals surface area contributed by atoms with Crippen molar-refractivity contribution in [2.45, 2.75) is 37.8 Å². The van der Waals surface area contributed by atoms with Gasteiger partial charge in [0.25, 0.3) is 5.91 Å². The number of imidazole rings is 1. The highest BCUT2D eigenvalue weighted by molar-refractivity contribution is 5.94. The normalized spacial score (nSPS) is 17.6. The second-order valence-corrected chi connectivity index (χ2v) is 9.29. The Balaban J connectivity index is 1.38. The van der Waals surface area contributed by atoms with Gasteiger partial charge in [0.15, 0.2) is 5.82 Å². The average Bonchev–Trinajstić information content (AvgIpc) is 3.57. The number of aromatic amines is 1. The molecule has 1 aliphatic rings. The maximum atomic E-state index is 14.9. The Morgan fingerprint density at radius 3 is 2.68 bits per heavy atom. The first kappa shape index (κ1) is 23.8. The zero-order chi connectivity index (χ0) is 26.2. The van der Waals surface area contributed by atoms with Gasteiger partial charge in [-0.2, -0.15) is 5.10 Å². The molecule has 0 spiro atoms. The van der Waals surface area contributed by atoms with Crippen LogP contribution in [0.15, 0.2) is 61.1 Å². The molecule has 1 amide bonds. The van der Waals surface area contributed by atoms with Crippen LogP contribution in [0.2, 0.25) is 0 Å². The molecule has 11 heteroatoms. The lowest BCUT2D eigenvalue weighted by atomic mass is 9.90. The van der Waals surface area contributed by atoms with Gasteiger partial charge in [0.05, 0.1) is 22.8 Å². The van der Waals surface area contributed by atoms with Gasteiger partial charge in [-0.05, 0) is 56.0 Å². The fraction of sp³-hybridized carbons (Fsp3) is 0.222. The average molecular weight is 518 g/mol. The van der Waals surface area contributed by atoms with Gasteiger partial charge in [0.2, 0.25) is 0 Å². The minimum atomic E-state index is -0.912. The number of hydrogen-bond acceptors (Lipinski definition) is 5. The molecule has 3 heterocycles. The lowest BCUT2D eigenvalue weighted by Gasteiger charge is -2.32. The molecule has 1 aliphatic carbocycles. The summed E-state index contributed by atoms with van der Waals surface area (Å²) in [7, 11) is 0. The van der Waals surface area contributed by atoms with Crippen molar-refractivity contribution < 1.29 is 18.0 Å². The number of nitrogens with one attached hydrogen (secondary N) is 2. The summed E-state index contributed by atoms with van der Waals surface area (Å²) in [4.78, 5) is 26.2. The predicted molar refractivity (Wildman–Crippen MR) is 133 cm³/mol. The number of carbonyl (C=O) groups is 1. The van der Waals surface area contributed by atoms with E-state index in [9.17, 15) is 18.0 Å². The summed E-state index contributed by atoms with van der Waals surface area (Å²) < 4.78 is 44.4. The van der Waals surface area contributed by atoms with Gasteiger partial charge in [0, 0.05) is 18.2 Å². The molecule has 2 aromatic carbocycles. The van der Waals surface area contributed by atoms with Crippen molar-refractivity contribution in [1.29, 1.82) is 0 Å². The van der Waals surface area contributed by atoms with Crippen LogP contribution in [-0.4, -0.2) is 41.7 Å². The maximum absolute atomic E-state index is 14.9. The SMILES string of the molecule is O=C(N[C@H]1CCC[C@@H](n2c(-c3ccccc3F)nc3cnc(-c4ncn[nH]4)cc32)C1)c1ccc(F)cc1F. The summed E-state index contributed by atoms with van der Waals surface area (Å²) in [6.45, 7) is 0. The Morgan fingerprint density at radius 1 is 1.03 bits per heavy atom. The van der Waals surface area contributed by atoms with Crippen LogP contribution in [0.4, 0.5) is 13.2 Å². The maximum Gasteiger partial charge on any atom is 0.254 e. The molecule has 0 saturated heterocycles. The van der Waals surface area contributed by atoms with Crippen LogP contribution in [0.25, 0.3) is 33.9 Å². The Hall–Kier alpha value is -4.54. The molecule has 3 aromatic heterocycles. The fourth-order valence-electron chi connectivity index (χ4n) is 5.13. The van der Waals surface area contributed by atoms with Crippen LogP contribution in [0, 0.1) is 17.5 Å². The van der Waals surface area contributed by atoms with Crippen molar-refractivity contribution in [3.63, 3.8) is 0 Å². The molecule has 2 N–H and O–H groups in total. The van der Waals surface area contributed by atoms with Crippen LogP contribution in [0.1, 0.15) is 42.1 Å². The summed E-state index contributed by atoms with van der Waals surface area (Å²) in [6.07, 6.45) is 5.76. The number of pyridine rings is 1. The molecule has 6 rings (SSSR count). The summed E-state index contributed by atoms with van der Waals surface area (Å²) in [6, 6.07) is 10.7. The zero-order valence-electron chi connectivity index (χ0n) is 20.0. The molecule has 1 fully saturated rings. The lowest BCUT2D eigenvalue weighted by molar-refractivity contribution is 0.0917. The Kier molecular flexibility index (Phi) is 6.10. The molecular formula is C27H22F3N7O. The van der Waals surface area contributed by atoms with Crippen LogP contribution >= 0.6 is 0 Å². The van der Waals surface area contributed by atoms with E-state index in [0.717, 1.165) is 30.5 Å². The zero-order valence-corrected chi connectivity index (χ0v) is 20.0. The van der Waals surface area contributed by atoms with Crippen LogP contribution in [-0.2, 0) is 0 Å². The minimum absolute atomic E-state index is 0.142. The molecule has 0 unspecified atom stereocenters. The quantitative estimate of drug-likeness (QED) is 0.333. The van der Waals surface area contributed by atoms with Crippen molar-refractivity contribution in [1.82, 2.24) is 35.0 Å². The molecule has 8 nitrogen and oxygen atoms in total. The van der Waals surface area contributed by atoms with E-state index in [0.29, 0.717) is 47.3 Å². The number of benzene rings is 2. The number of nitrogens with zero attached hydrogens (tertiary/aromatic N) is 5. The second-order valence-electron chi connectivity index (χ2n) is 9.29.